The Morgan fingerprint density at radius 2 is 1.73 bits per heavy atom. The number of halogens is 1. The van der Waals surface area contributed by atoms with Gasteiger partial charge >= 0.3 is 0 Å². The molecule has 7 heteroatoms. The van der Waals surface area contributed by atoms with Crippen LogP contribution >= 0.6 is 0 Å². The molecule has 6 nitrogen and oxygen atoms in total. The van der Waals surface area contributed by atoms with Gasteiger partial charge in [0, 0.05) is 18.8 Å². The molecule has 150 valence electrons. The SMILES string of the molecule is Cc1cc(CC(=O)Nc2ccc(-c3ccc(F)cc3)cn2)c2c(c1)C(=O)N(C)C2=O. The van der Waals surface area contributed by atoms with Gasteiger partial charge in [0.15, 0.2) is 0 Å². The Bertz CT molecular complexity index is 1170. The van der Waals surface area contributed by atoms with Crippen molar-refractivity contribution in [1.29, 1.82) is 0 Å². The van der Waals surface area contributed by atoms with Crippen LogP contribution in [0.4, 0.5) is 10.2 Å². The van der Waals surface area contributed by atoms with Crippen LogP contribution in [-0.2, 0) is 11.2 Å². The maximum atomic E-state index is 13.1. The van der Waals surface area contributed by atoms with Gasteiger partial charge in [-0.3, -0.25) is 19.3 Å². The zero-order valence-electron chi connectivity index (χ0n) is 16.4. The van der Waals surface area contributed by atoms with E-state index >= 15 is 0 Å². The Balaban J connectivity index is 1.51. The molecule has 30 heavy (non-hydrogen) atoms. The summed E-state index contributed by atoms with van der Waals surface area (Å²) in [5, 5.41) is 2.71. The highest BCUT2D eigenvalue weighted by molar-refractivity contribution is 6.22. The molecule has 0 saturated heterocycles. The number of hydrogen-bond acceptors (Lipinski definition) is 4. The highest BCUT2D eigenvalue weighted by atomic mass is 19.1. The Morgan fingerprint density at radius 1 is 1.03 bits per heavy atom. The van der Waals surface area contributed by atoms with Crippen molar-refractivity contribution in [3.8, 4) is 11.1 Å². The summed E-state index contributed by atoms with van der Waals surface area (Å²) in [5.74, 6) is -1.07. The number of nitrogens with one attached hydrogen (secondary N) is 1. The second kappa shape index (κ2) is 7.51. The largest absolute Gasteiger partial charge is 0.310 e. The normalized spacial score (nSPS) is 12.8. The number of pyridine rings is 1. The van der Waals surface area contributed by atoms with Gasteiger partial charge < -0.3 is 5.32 Å². The molecule has 0 radical (unpaired) electrons. The summed E-state index contributed by atoms with van der Waals surface area (Å²) >= 11 is 0. The van der Waals surface area contributed by atoms with Crippen LogP contribution in [0.15, 0.2) is 54.7 Å². The van der Waals surface area contributed by atoms with Crippen LogP contribution < -0.4 is 5.32 Å². The highest BCUT2D eigenvalue weighted by Gasteiger charge is 2.35. The predicted molar refractivity (Wildman–Crippen MR) is 110 cm³/mol. The van der Waals surface area contributed by atoms with Crippen molar-refractivity contribution in [1.82, 2.24) is 9.88 Å². The number of imide groups is 1. The van der Waals surface area contributed by atoms with Crippen LogP contribution in [0, 0.1) is 12.7 Å². The number of fused-ring (bicyclic) bond motifs is 1. The number of aromatic nitrogens is 1. The molecule has 1 N–H and O–H groups in total. The highest BCUT2D eigenvalue weighted by Crippen LogP contribution is 2.27. The molecule has 1 aliphatic heterocycles. The van der Waals surface area contributed by atoms with Crippen LogP contribution in [0.3, 0.4) is 0 Å². The van der Waals surface area contributed by atoms with Gasteiger partial charge in [-0.05, 0) is 53.9 Å². The number of anilines is 1. The van der Waals surface area contributed by atoms with E-state index in [1.807, 2.05) is 6.92 Å². The summed E-state index contributed by atoms with van der Waals surface area (Å²) in [5.41, 5.74) is 3.51. The predicted octanol–water partition coefficient (Wildman–Crippen LogP) is 3.60. The summed E-state index contributed by atoms with van der Waals surface area (Å²) in [7, 11) is 1.43. The lowest BCUT2D eigenvalue weighted by atomic mass is 9.97. The van der Waals surface area contributed by atoms with E-state index < -0.39 is 5.91 Å². The topological polar surface area (TPSA) is 79.4 Å². The Kier molecular flexibility index (Phi) is 4.87. The van der Waals surface area contributed by atoms with Crippen LogP contribution in [0.2, 0.25) is 0 Å². The third-order valence-electron chi connectivity index (χ3n) is 4.98. The molecule has 2 aromatic carbocycles. The van der Waals surface area contributed by atoms with Crippen molar-refractivity contribution >= 4 is 23.5 Å². The van der Waals surface area contributed by atoms with E-state index in [-0.39, 0.29) is 29.6 Å². The van der Waals surface area contributed by atoms with E-state index in [4.69, 9.17) is 0 Å². The van der Waals surface area contributed by atoms with Gasteiger partial charge in [0.05, 0.1) is 17.5 Å². The van der Waals surface area contributed by atoms with Gasteiger partial charge in [-0.1, -0.05) is 18.2 Å². The van der Waals surface area contributed by atoms with Gasteiger partial charge in [-0.25, -0.2) is 9.37 Å². The number of rotatable bonds is 4. The molecule has 1 aliphatic rings. The van der Waals surface area contributed by atoms with Crippen LogP contribution in [0.25, 0.3) is 11.1 Å². The van der Waals surface area contributed by atoms with E-state index in [1.54, 1.807) is 42.6 Å². The molecular formula is C23H18FN3O3. The van der Waals surface area contributed by atoms with Crippen molar-refractivity contribution in [3.63, 3.8) is 0 Å². The first-order chi connectivity index (χ1) is 14.3. The molecule has 3 amide bonds. The first-order valence-corrected chi connectivity index (χ1v) is 9.31. The number of carbonyl (C=O) groups excluding carboxylic acids is 3. The maximum Gasteiger partial charge on any atom is 0.261 e. The zero-order valence-corrected chi connectivity index (χ0v) is 16.4. The minimum absolute atomic E-state index is 0.0573. The van der Waals surface area contributed by atoms with Gasteiger partial charge in [-0.2, -0.15) is 0 Å². The fourth-order valence-corrected chi connectivity index (χ4v) is 3.50. The molecular weight excluding hydrogens is 385 g/mol. The van der Waals surface area contributed by atoms with Crippen molar-refractivity contribution in [2.24, 2.45) is 0 Å². The number of aryl methyl sites for hydroxylation is 1. The fraction of sp³-hybridized carbons (Fsp3) is 0.130. The first kappa shape index (κ1) is 19.4. The Hall–Kier alpha value is -3.87. The zero-order chi connectivity index (χ0) is 21.4. The third kappa shape index (κ3) is 3.57. The van der Waals surface area contributed by atoms with Gasteiger partial charge in [0.1, 0.15) is 11.6 Å². The summed E-state index contributed by atoms with van der Waals surface area (Å²) in [6.45, 7) is 1.81. The van der Waals surface area contributed by atoms with E-state index in [0.717, 1.165) is 21.6 Å². The smallest absolute Gasteiger partial charge is 0.261 e. The monoisotopic (exact) mass is 403 g/mol. The molecule has 1 aromatic heterocycles. The van der Waals surface area contributed by atoms with E-state index in [9.17, 15) is 18.8 Å². The Labute approximate surface area is 172 Å². The summed E-state index contributed by atoms with van der Waals surface area (Å²) in [6, 6.07) is 12.9. The average molecular weight is 403 g/mol. The lowest BCUT2D eigenvalue weighted by molar-refractivity contribution is -0.115. The first-order valence-electron chi connectivity index (χ1n) is 9.31. The number of hydrogen-bond donors (Lipinski definition) is 1. The van der Waals surface area contributed by atoms with Gasteiger partial charge in [-0.15, -0.1) is 0 Å². The molecule has 0 saturated carbocycles. The number of nitrogens with zero attached hydrogens (tertiary/aromatic N) is 2. The molecule has 3 aromatic rings. The van der Waals surface area contributed by atoms with E-state index in [0.29, 0.717) is 16.9 Å². The minimum atomic E-state index is -0.403. The van der Waals surface area contributed by atoms with Crippen LogP contribution in [0.5, 0.6) is 0 Å². The standard InChI is InChI=1S/C23H18FN3O3/c1-13-9-16(21-18(10-13)22(29)27(2)23(21)30)11-20(28)26-19-8-5-15(12-25-19)14-3-6-17(24)7-4-14/h3-10,12H,11H2,1-2H3,(H,25,26,28). The molecule has 0 unspecified atom stereocenters. The van der Waals surface area contributed by atoms with Crippen molar-refractivity contribution in [2.75, 3.05) is 12.4 Å². The average Bonchev–Trinajstić information content (AvgIpc) is 2.93. The van der Waals surface area contributed by atoms with Crippen LogP contribution in [0.1, 0.15) is 31.8 Å². The lowest BCUT2D eigenvalue weighted by Gasteiger charge is -2.09. The molecule has 0 fully saturated rings. The van der Waals surface area contributed by atoms with Crippen LogP contribution in [-0.4, -0.2) is 34.7 Å². The van der Waals surface area contributed by atoms with E-state index in [2.05, 4.69) is 10.3 Å². The lowest BCUT2D eigenvalue weighted by Crippen LogP contribution is -2.24. The molecule has 0 bridgehead atoms. The maximum absolute atomic E-state index is 13.1. The molecule has 2 heterocycles. The molecule has 0 spiro atoms. The summed E-state index contributed by atoms with van der Waals surface area (Å²) in [4.78, 5) is 42.5. The third-order valence-corrected chi connectivity index (χ3v) is 4.98. The second-order valence-corrected chi connectivity index (χ2v) is 7.18. The van der Waals surface area contributed by atoms with Crippen molar-refractivity contribution in [3.05, 3.63) is 82.8 Å². The Morgan fingerprint density at radius 3 is 2.40 bits per heavy atom. The van der Waals surface area contributed by atoms with Crippen molar-refractivity contribution in [2.45, 2.75) is 13.3 Å². The summed E-state index contributed by atoms with van der Waals surface area (Å²) in [6.07, 6.45) is 1.53. The second-order valence-electron chi connectivity index (χ2n) is 7.18. The van der Waals surface area contributed by atoms with E-state index in [1.165, 1.54) is 19.2 Å². The number of amides is 3. The molecule has 0 atom stereocenters. The number of carbonyl (C=O) groups is 3. The van der Waals surface area contributed by atoms with Gasteiger partial charge in [0.2, 0.25) is 5.91 Å². The van der Waals surface area contributed by atoms with Gasteiger partial charge in [0.25, 0.3) is 11.8 Å². The fourth-order valence-electron chi connectivity index (χ4n) is 3.50. The molecule has 4 rings (SSSR count). The summed E-state index contributed by atoms with van der Waals surface area (Å²) < 4.78 is 13.1. The van der Waals surface area contributed by atoms with Crippen molar-refractivity contribution < 1.29 is 18.8 Å². The minimum Gasteiger partial charge on any atom is -0.310 e. The molecule has 0 aliphatic carbocycles. The number of benzene rings is 2. The quantitative estimate of drug-likeness (QED) is 0.675.